The van der Waals surface area contributed by atoms with Gasteiger partial charge < -0.3 is 5.11 Å². The molecular formula is C15H8Cl2O2. The van der Waals surface area contributed by atoms with Crippen LogP contribution in [0, 0.1) is 0 Å². The Bertz CT molecular complexity index is 825. The number of hydrogen-bond donors (Lipinski definition) is 1. The topological polar surface area (TPSA) is 37.3 Å². The molecule has 0 bridgehead atoms. The molecule has 3 aromatic carbocycles. The predicted octanol–water partition coefficient (Wildman–Crippen LogP) is 5.00. The Labute approximate surface area is 119 Å². The Morgan fingerprint density at radius 2 is 1.63 bits per heavy atom. The molecule has 0 unspecified atom stereocenters. The average Bonchev–Trinajstić information content (AvgIpc) is 2.38. The Balaban J connectivity index is 2.54. The minimum absolute atomic E-state index is 0.223. The van der Waals surface area contributed by atoms with Gasteiger partial charge in [-0.2, -0.15) is 0 Å². The van der Waals surface area contributed by atoms with Crippen LogP contribution in [-0.4, -0.2) is 11.1 Å². The molecule has 0 heterocycles. The number of rotatable bonds is 1. The quantitative estimate of drug-likeness (QED) is 0.641. The van der Waals surface area contributed by atoms with Gasteiger partial charge in [0.15, 0.2) is 0 Å². The van der Waals surface area contributed by atoms with E-state index in [9.17, 15) is 9.90 Å². The molecule has 3 aromatic rings. The van der Waals surface area contributed by atoms with E-state index in [1.165, 1.54) is 6.07 Å². The second-order valence-corrected chi connectivity index (χ2v) is 5.07. The largest absolute Gasteiger partial charge is 0.478 e. The molecule has 0 amide bonds. The van der Waals surface area contributed by atoms with Crippen molar-refractivity contribution in [3.05, 3.63) is 58.1 Å². The van der Waals surface area contributed by atoms with E-state index in [0.29, 0.717) is 15.4 Å². The standard InChI is InChI=1S/C15H8Cl2O2/c16-13-3-1-2-8-6-12-11(7-10(8)13)9(15(18)19)4-5-14(12)17/h1-7H,(H,18,19). The molecule has 0 aliphatic heterocycles. The summed E-state index contributed by atoms with van der Waals surface area (Å²) >= 11 is 12.3. The van der Waals surface area contributed by atoms with Gasteiger partial charge in [-0.25, -0.2) is 4.79 Å². The molecule has 94 valence electrons. The van der Waals surface area contributed by atoms with Gasteiger partial charge in [-0.3, -0.25) is 0 Å². The van der Waals surface area contributed by atoms with Crippen molar-refractivity contribution in [2.45, 2.75) is 0 Å². The first-order chi connectivity index (χ1) is 9.08. The number of carboxylic acids is 1. The van der Waals surface area contributed by atoms with Crippen molar-refractivity contribution in [2.24, 2.45) is 0 Å². The molecule has 3 rings (SSSR count). The van der Waals surface area contributed by atoms with Gasteiger partial charge in [-0.05, 0) is 41.1 Å². The first-order valence-electron chi connectivity index (χ1n) is 5.62. The number of carboxylic acid groups (broad SMARTS) is 1. The molecule has 0 aliphatic carbocycles. The van der Waals surface area contributed by atoms with E-state index < -0.39 is 5.97 Å². The lowest BCUT2D eigenvalue weighted by Gasteiger charge is -2.08. The van der Waals surface area contributed by atoms with Crippen LogP contribution >= 0.6 is 23.2 Å². The molecule has 0 aliphatic rings. The van der Waals surface area contributed by atoms with Crippen molar-refractivity contribution >= 4 is 50.7 Å². The number of aromatic carboxylic acids is 1. The maximum absolute atomic E-state index is 11.3. The fraction of sp³-hybridized carbons (Fsp3) is 0. The van der Waals surface area contributed by atoms with E-state index in [1.807, 2.05) is 18.2 Å². The maximum atomic E-state index is 11.3. The van der Waals surface area contributed by atoms with Crippen LogP contribution in [-0.2, 0) is 0 Å². The number of benzene rings is 3. The van der Waals surface area contributed by atoms with Crippen LogP contribution in [0.25, 0.3) is 21.5 Å². The zero-order valence-electron chi connectivity index (χ0n) is 9.65. The van der Waals surface area contributed by atoms with Crippen LogP contribution in [0.15, 0.2) is 42.5 Å². The van der Waals surface area contributed by atoms with Crippen molar-refractivity contribution < 1.29 is 9.90 Å². The molecule has 0 radical (unpaired) electrons. The summed E-state index contributed by atoms with van der Waals surface area (Å²) in [5.41, 5.74) is 0.223. The Kier molecular flexibility index (Phi) is 2.85. The van der Waals surface area contributed by atoms with E-state index in [2.05, 4.69) is 0 Å². The molecule has 0 saturated heterocycles. The highest BCUT2D eigenvalue weighted by Gasteiger charge is 2.12. The molecular weight excluding hydrogens is 283 g/mol. The Morgan fingerprint density at radius 1 is 0.895 bits per heavy atom. The number of halogens is 2. The van der Waals surface area contributed by atoms with Gasteiger partial charge in [0.25, 0.3) is 0 Å². The fourth-order valence-corrected chi connectivity index (χ4v) is 2.69. The lowest BCUT2D eigenvalue weighted by atomic mass is 9.99. The monoisotopic (exact) mass is 290 g/mol. The fourth-order valence-electron chi connectivity index (χ4n) is 2.23. The summed E-state index contributed by atoms with van der Waals surface area (Å²) in [4.78, 5) is 11.3. The number of fused-ring (bicyclic) bond motifs is 2. The first kappa shape index (κ1) is 12.3. The molecule has 4 heteroatoms. The predicted molar refractivity (Wildman–Crippen MR) is 78.4 cm³/mol. The van der Waals surface area contributed by atoms with Crippen LogP contribution < -0.4 is 0 Å². The van der Waals surface area contributed by atoms with E-state index in [4.69, 9.17) is 23.2 Å². The van der Waals surface area contributed by atoms with Crippen LogP contribution in [0.3, 0.4) is 0 Å². The van der Waals surface area contributed by atoms with Crippen molar-refractivity contribution in [2.75, 3.05) is 0 Å². The van der Waals surface area contributed by atoms with Crippen molar-refractivity contribution in [1.29, 1.82) is 0 Å². The molecule has 0 spiro atoms. The smallest absolute Gasteiger partial charge is 0.336 e. The van der Waals surface area contributed by atoms with Crippen molar-refractivity contribution in [3.63, 3.8) is 0 Å². The van der Waals surface area contributed by atoms with Crippen LogP contribution in [0.2, 0.25) is 10.0 Å². The Hall–Kier alpha value is -1.77. The van der Waals surface area contributed by atoms with E-state index >= 15 is 0 Å². The van der Waals surface area contributed by atoms with Gasteiger partial charge >= 0.3 is 5.97 Å². The van der Waals surface area contributed by atoms with Crippen LogP contribution in [0.1, 0.15) is 10.4 Å². The third kappa shape index (κ3) is 1.93. The zero-order valence-corrected chi connectivity index (χ0v) is 11.2. The van der Waals surface area contributed by atoms with Gasteiger partial charge in [-0.1, -0.05) is 35.3 Å². The Morgan fingerprint density at radius 3 is 2.37 bits per heavy atom. The number of hydrogen-bond acceptors (Lipinski definition) is 1. The summed E-state index contributed by atoms with van der Waals surface area (Å²) in [6.07, 6.45) is 0. The summed E-state index contributed by atoms with van der Waals surface area (Å²) in [5, 5.41) is 13.4. The van der Waals surface area contributed by atoms with Crippen molar-refractivity contribution in [1.82, 2.24) is 0 Å². The molecule has 0 fully saturated rings. The lowest BCUT2D eigenvalue weighted by Crippen LogP contribution is -1.97. The third-order valence-electron chi connectivity index (χ3n) is 3.14. The third-order valence-corrected chi connectivity index (χ3v) is 3.80. The summed E-state index contributed by atoms with van der Waals surface area (Å²) in [5.74, 6) is -0.979. The summed E-state index contributed by atoms with van der Waals surface area (Å²) in [6.45, 7) is 0. The minimum atomic E-state index is -0.979. The molecule has 0 atom stereocenters. The van der Waals surface area contributed by atoms with Gasteiger partial charge in [0.1, 0.15) is 0 Å². The highest BCUT2D eigenvalue weighted by Crippen LogP contribution is 2.33. The van der Waals surface area contributed by atoms with Gasteiger partial charge in [-0.15, -0.1) is 0 Å². The molecule has 0 aromatic heterocycles. The lowest BCUT2D eigenvalue weighted by molar-refractivity contribution is 0.0699. The molecule has 2 nitrogen and oxygen atoms in total. The average molecular weight is 291 g/mol. The van der Waals surface area contributed by atoms with Crippen LogP contribution in [0.5, 0.6) is 0 Å². The zero-order chi connectivity index (χ0) is 13.6. The highest BCUT2D eigenvalue weighted by molar-refractivity contribution is 6.38. The van der Waals surface area contributed by atoms with Gasteiger partial charge in [0.2, 0.25) is 0 Å². The second-order valence-electron chi connectivity index (χ2n) is 4.26. The second kappa shape index (κ2) is 4.41. The van der Waals surface area contributed by atoms with Crippen LogP contribution in [0.4, 0.5) is 0 Å². The van der Waals surface area contributed by atoms with E-state index in [-0.39, 0.29) is 5.56 Å². The molecule has 0 saturated carbocycles. The molecule has 1 N–H and O–H groups in total. The highest BCUT2D eigenvalue weighted by atomic mass is 35.5. The summed E-state index contributed by atoms with van der Waals surface area (Å²) < 4.78 is 0. The van der Waals surface area contributed by atoms with Gasteiger partial charge in [0.05, 0.1) is 5.56 Å². The van der Waals surface area contributed by atoms with E-state index in [0.717, 1.165) is 16.2 Å². The van der Waals surface area contributed by atoms with E-state index in [1.54, 1.807) is 18.2 Å². The summed E-state index contributed by atoms with van der Waals surface area (Å²) in [7, 11) is 0. The normalized spacial score (nSPS) is 11.1. The van der Waals surface area contributed by atoms with Crippen molar-refractivity contribution in [3.8, 4) is 0 Å². The SMILES string of the molecule is O=C(O)c1ccc(Cl)c2cc3cccc(Cl)c3cc12. The minimum Gasteiger partial charge on any atom is -0.478 e. The summed E-state index contributed by atoms with van der Waals surface area (Å²) in [6, 6.07) is 12.3. The molecule has 19 heavy (non-hydrogen) atoms. The first-order valence-corrected chi connectivity index (χ1v) is 6.37. The number of carbonyl (C=O) groups is 1. The maximum Gasteiger partial charge on any atom is 0.336 e. The van der Waals surface area contributed by atoms with Gasteiger partial charge in [0, 0.05) is 20.8 Å².